The smallest absolute Gasteiger partial charge is 0.355 e. The first-order valence-corrected chi connectivity index (χ1v) is 10.2. The van der Waals surface area contributed by atoms with Crippen LogP contribution in [-0.2, 0) is 14.2 Å². The van der Waals surface area contributed by atoms with Crippen LogP contribution < -0.4 is 0 Å². The Hall–Kier alpha value is -1.85. The Morgan fingerprint density at radius 2 is 2.19 bits per heavy atom. The maximum Gasteiger partial charge on any atom is 0.355 e. The molecule has 6 unspecified atom stereocenters. The van der Waals surface area contributed by atoms with E-state index in [1.807, 2.05) is 6.07 Å². The first kappa shape index (κ1) is 17.3. The van der Waals surface area contributed by atoms with Gasteiger partial charge in [0.1, 0.15) is 17.9 Å². The summed E-state index contributed by atoms with van der Waals surface area (Å²) in [7, 11) is 0. The fourth-order valence-corrected chi connectivity index (χ4v) is 5.52. The van der Waals surface area contributed by atoms with Gasteiger partial charge >= 0.3 is 5.97 Å². The summed E-state index contributed by atoms with van der Waals surface area (Å²) in [5.74, 6) is 0.902. The molecule has 1 saturated carbocycles. The van der Waals surface area contributed by atoms with Crippen LogP contribution in [0.2, 0.25) is 0 Å². The van der Waals surface area contributed by atoms with Crippen LogP contribution in [0.25, 0.3) is 0 Å². The molecular formula is C22H27NO4. The fourth-order valence-electron chi connectivity index (χ4n) is 5.52. The summed E-state index contributed by atoms with van der Waals surface area (Å²) in [6.45, 7) is 1.60. The van der Waals surface area contributed by atoms with E-state index in [-0.39, 0.29) is 23.8 Å². The molecule has 2 aliphatic heterocycles. The Bertz CT molecular complexity index is 740. The third-order valence-corrected chi connectivity index (χ3v) is 6.72. The minimum atomic E-state index is -0.287. The monoisotopic (exact) mass is 369 g/mol. The van der Waals surface area contributed by atoms with Gasteiger partial charge in [0.25, 0.3) is 0 Å². The second kappa shape index (κ2) is 6.95. The van der Waals surface area contributed by atoms with Crippen LogP contribution in [0.1, 0.15) is 42.6 Å². The second-order valence-electron chi connectivity index (χ2n) is 8.16. The molecular weight excluding hydrogens is 342 g/mol. The predicted octanol–water partition coefficient (Wildman–Crippen LogP) is 3.65. The fraction of sp³-hybridized carbons (Fsp3) is 0.591. The van der Waals surface area contributed by atoms with Gasteiger partial charge in [0.2, 0.25) is 0 Å². The minimum absolute atomic E-state index is 0.0484. The number of H-pyrrole nitrogens is 1. The molecule has 1 saturated heterocycles. The zero-order valence-corrected chi connectivity index (χ0v) is 15.5. The highest BCUT2D eigenvalue weighted by molar-refractivity contribution is 5.87. The zero-order valence-electron chi connectivity index (χ0n) is 15.5. The first-order chi connectivity index (χ1) is 13.3. The lowest BCUT2D eigenvalue weighted by atomic mass is 9.63. The molecule has 5 heteroatoms. The van der Waals surface area contributed by atoms with Crippen molar-refractivity contribution in [2.24, 2.45) is 17.8 Å². The van der Waals surface area contributed by atoms with E-state index in [4.69, 9.17) is 14.2 Å². The van der Waals surface area contributed by atoms with Crippen LogP contribution in [0.5, 0.6) is 0 Å². The van der Waals surface area contributed by atoms with Crippen molar-refractivity contribution in [3.63, 3.8) is 0 Å². The van der Waals surface area contributed by atoms with E-state index in [1.165, 1.54) is 0 Å². The van der Waals surface area contributed by atoms with Gasteiger partial charge in [-0.1, -0.05) is 24.3 Å². The number of carbonyl (C=O) groups excluding carboxylic acids is 1. The Morgan fingerprint density at radius 3 is 3.07 bits per heavy atom. The van der Waals surface area contributed by atoms with Crippen molar-refractivity contribution in [3.8, 4) is 0 Å². The molecule has 1 aromatic heterocycles. The summed E-state index contributed by atoms with van der Waals surface area (Å²) < 4.78 is 18.3. The van der Waals surface area contributed by atoms with Crippen molar-refractivity contribution < 1.29 is 19.0 Å². The average molecular weight is 369 g/mol. The number of esters is 1. The van der Waals surface area contributed by atoms with Gasteiger partial charge in [-0.2, -0.15) is 0 Å². The number of rotatable bonds is 2. The molecule has 1 aromatic rings. The van der Waals surface area contributed by atoms with Gasteiger partial charge in [0.05, 0.1) is 12.2 Å². The Labute approximate surface area is 159 Å². The number of nitrogens with one attached hydrogen (secondary N) is 1. The Balaban J connectivity index is 1.40. The third-order valence-electron chi connectivity index (χ3n) is 6.72. The second-order valence-corrected chi connectivity index (χ2v) is 8.16. The summed E-state index contributed by atoms with van der Waals surface area (Å²) in [6, 6.07) is 3.57. The van der Waals surface area contributed by atoms with E-state index >= 15 is 0 Å². The molecule has 0 radical (unpaired) electrons. The highest BCUT2D eigenvalue weighted by Gasteiger charge is 2.62. The first-order valence-electron chi connectivity index (χ1n) is 10.2. The summed E-state index contributed by atoms with van der Waals surface area (Å²) in [5.41, 5.74) is 0.262. The maximum absolute atomic E-state index is 12.5. The van der Waals surface area contributed by atoms with Crippen LogP contribution in [0.15, 0.2) is 42.6 Å². The Morgan fingerprint density at radius 1 is 1.22 bits per heavy atom. The highest BCUT2D eigenvalue weighted by Crippen LogP contribution is 2.57. The molecule has 27 heavy (non-hydrogen) atoms. The quantitative estimate of drug-likeness (QED) is 0.639. The van der Waals surface area contributed by atoms with Crippen LogP contribution in [0, 0.1) is 17.8 Å². The molecule has 5 nitrogen and oxygen atoms in total. The largest absolute Gasteiger partial charge is 0.455 e. The van der Waals surface area contributed by atoms with Crippen LogP contribution in [0.4, 0.5) is 0 Å². The summed E-state index contributed by atoms with van der Waals surface area (Å²) in [6.07, 6.45) is 15.7. The molecule has 0 aromatic carbocycles. The standard InChI is InChI=1S/C22H27NO4/c24-21(18-6-3-12-23-18)26-19-10-9-17-16-8-7-15-5-4-14-25-13-2-1-11-22(15,17)27-20(16)19/h1,3,6-8,11-12,15-17,19-20,23H,2,4-5,9-10,13-14H2/b11-1-. The number of hydrogen-bond acceptors (Lipinski definition) is 4. The number of hydrogen-bond donors (Lipinski definition) is 1. The number of ether oxygens (including phenoxy) is 3. The molecule has 6 atom stereocenters. The molecule has 2 fully saturated rings. The normalized spacial score (nSPS) is 41.6. The topological polar surface area (TPSA) is 60.6 Å². The van der Waals surface area contributed by atoms with E-state index in [0.717, 1.165) is 45.3 Å². The van der Waals surface area contributed by atoms with Gasteiger partial charge in [-0.05, 0) is 44.2 Å². The molecule has 4 bridgehead atoms. The molecule has 4 aliphatic rings. The van der Waals surface area contributed by atoms with Gasteiger partial charge < -0.3 is 19.2 Å². The molecule has 0 amide bonds. The van der Waals surface area contributed by atoms with E-state index < -0.39 is 0 Å². The van der Waals surface area contributed by atoms with Gasteiger partial charge in [0, 0.05) is 30.6 Å². The van der Waals surface area contributed by atoms with Crippen LogP contribution >= 0.6 is 0 Å². The number of aromatic nitrogens is 1. The van der Waals surface area contributed by atoms with Gasteiger partial charge in [-0.15, -0.1) is 0 Å². The van der Waals surface area contributed by atoms with Crippen molar-refractivity contribution in [3.05, 3.63) is 48.3 Å². The molecule has 1 spiro atoms. The van der Waals surface area contributed by atoms with Crippen molar-refractivity contribution in [1.82, 2.24) is 4.98 Å². The Kier molecular flexibility index (Phi) is 4.44. The van der Waals surface area contributed by atoms with Gasteiger partial charge in [-0.3, -0.25) is 0 Å². The van der Waals surface area contributed by atoms with Crippen LogP contribution in [-0.4, -0.2) is 42.0 Å². The SMILES string of the molecule is O=C(OC1CCC2C3C=CC4CCCOCC/C=C\C42OC13)c1ccc[nH]1. The van der Waals surface area contributed by atoms with Gasteiger partial charge in [-0.25, -0.2) is 4.79 Å². The molecule has 144 valence electrons. The maximum atomic E-state index is 12.5. The van der Waals surface area contributed by atoms with Crippen molar-refractivity contribution >= 4 is 5.97 Å². The lowest BCUT2D eigenvalue weighted by Crippen LogP contribution is -2.45. The third kappa shape index (κ3) is 2.88. The van der Waals surface area contributed by atoms with E-state index in [0.29, 0.717) is 23.4 Å². The lowest BCUT2D eigenvalue weighted by Gasteiger charge is -2.42. The van der Waals surface area contributed by atoms with E-state index in [9.17, 15) is 4.79 Å². The molecule has 2 aliphatic carbocycles. The number of carbonyl (C=O) groups is 1. The van der Waals surface area contributed by atoms with E-state index in [2.05, 4.69) is 29.3 Å². The van der Waals surface area contributed by atoms with Crippen molar-refractivity contribution in [2.75, 3.05) is 13.2 Å². The minimum Gasteiger partial charge on any atom is -0.455 e. The highest BCUT2D eigenvalue weighted by atomic mass is 16.6. The summed E-state index contributed by atoms with van der Waals surface area (Å²) in [4.78, 5) is 15.4. The summed E-state index contributed by atoms with van der Waals surface area (Å²) >= 11 is 0. The summed E-state index contributed by atoms with van der Waals surface area (Å²) in [5, 5.41) is 0. The lowest BCUT2D eigenvalue weighted by molar-refractivity contribution is -0.0874. The van der Waals surface area contributed by atoms with Crippen molar-refractivity contribution in [1.29, 1.82) is 0 Å². The van der Waals surface area contributed by atoms with Crippen LogP contribution in [0.3, 0.4) is 0 Å². The molecule has 5 rings (SSSR count). The molecule has 1 N–H and O–H groups in total. The average Bonchev–Trinajstić information content (AvgIpc) is 3.24. The molecule has 3 heterocycles. The zero-order chi connectivity index (χ0) is 18.3. The van der Waals surface area contributed by atoms with Crippen molar-refractivity contribution in [2.45, 2.75) is 49.9 Å². The number of aromatic amines is 1. The van der Waals surface area contributed by atoms with Gasteiger partial charge in [0.15, 0.2) is 0 Å². The van der Waals surface area contributed by atoms with E-state index in [1.54, 1.807) is 12.3 Å². The predicted molar refractivity (Wildman–Crippen MR) is 100 cm³/mol.